The van der Waals surface area contributed by atoms with Crippen LogP contribution in [0.3, 0.4) is 0 Å². The van der Waals surface area contributed by atoms with Gasteiger partial charge in [0.25, 0.3) is 23.0 Å². The van der Waals surface area contributed by atoms with E-state index in [2.05, 4.69) is 10.1 Å². The van der Waals surface area contributed by atoms with Crippen molar-refractivity contribution >= 4 is 11.6 Å². The minimum Gasteiger partial charge on any atom is -0.449 e. The number of alkyl halides is 4. The zero-order chi connectivity index (χ0) is 24.6. The summed E-state index contributed by atoms with van der Waals surface area (Å²) in [5.74, 6) is -8.05. The van der Waals surface area contributed by atoms with Crippen LogP contribution >= 0.6 is 11.6 Å². The Kier molecular flexibility index (Phi) is 6.29. The molecule has 0 aliphatic rings. The van der Waals surface area contributed by atoms with Crippen LogP contribution in [0.1, 0.15) is 36.4 Å². The summed E-state index contributed by atoms with van der Waals surface area (Å²) < 4.78 is 61.4. The van der Waals surface area contributed by atoms with Crippen LogP contribution in [0.4, 0.5) is 17.6 Å². The van der Waals surface area contributed by atoms with E-state index in [0.717, 1.165) is 17.0 Å². The predicted octanol–water partition coefficient (Wildman–Crippen LogP) is 3.92. The molecule has 2 heterocycles. The van der Waals surface area contributed by atoms with Crippen molar-refractivity contribution in [1.29, 1.82) is 5.26 Å². The maximum Gasteiger partial charge on any atom is 0.297 e. The van der Waals surface area contributed by atoms with Crippen molar-refractivity contribution in [2.24, 2.45) is 0 Å². The number of hydrogen-bond donors (Lipinski definition) is 1. The van der Waals surface area contributed by atoms with Gasteiger partial charge in [0.05, 0.1) is 24.5 Å². The van der Waals surface area contributed by atoms with E-state index < -0.39 is 46.6 Å². The molecule has 172 valence electrons. The Morgan fingerprint density at radius 1 is 1.15 bits per heavy atom. The van der Waals surface area contributed by atoms with Crippen molar-refractivity contribution < 1.29 is 22.3 Å². The van der Waals surface area contributed by atoms with E-state index in [1.807, 2.05) is 5.10 Å². The normalized spacial score (nSPS) is 11.8. The molecule has 0 bridgehead atoms. The molecule has 2 aromatic heterocycles. The highest BCUT2D eigenvalue weighted by Gasteiger charge is 2.34. The lowest BCUT2D eigenvalue weighted by atomic mass is 10.2. The highest BCUT2D eigenvalue weighted by atomic mass is 35.5. The van der Waals surface area contributed by atoms with Crippen LogP contribution in [0.25, 0.3) is 0 Å². The molecular formula is C20H14ClF4N5O3. The summed E-state index contributed by atoms with van der Waals surface area (Å²) in [4.78, 5) is 28.6. The number of halogens is 5. The molecule has 0 aliphatic heterocycles. The van der Waals surface area contributed by atoms with Gasteiger partial charge in [-0.25, -0.2) is 10.1 Å². The van der Waals surface area contributed by atoms with E-state index in [4.69, 9.17) is 21.6 Å². The van der Waals surface area contributed by atoms with Crippen molar-refractivity contribution in [1.82, 2.24) is 19.7 Å². The van der Waals surface area contributed by atoms with Gasteiger partial charge in [0.15, 0.2) is 5.69 Å². The lowest BCUT2D eigenvalue weighted by Gasteiger charge is -2.17. The first-order valence-electron chi connectivity index (χ1n) is 9.13. The third kappa shape index (κ3) is 5.38. The maximum atomic E-state index is 14.1. The van der Waals surface area contributed by atoms with Gasteiger partial charge in [-0.15, -0.1) is 0 Å². The average molecular weight is 484 g/mol. The summed E-state index contributed by atoms with van der Waals surface area (Å²) in [5.41, 5.74) is -4.00. The van der Waals surface area contributed by atoms with Crippen molar-refractivity contribution in [3.05, 3.63) is 78.8 Å². The number of H-pyrrole nitrogens is 1. The van der Waals surface area contributed by atoms with E-state index in [1.165, 1.54) is 18.2 Å². The van der Waals surface area contributed by atoms with E-state index >= 15 is 0 Å². The Labute approximate surface area is 188 Å². The summed E-state index contributed by atoms with van der Waals surface area (Å²) in [7, 11) is 0. The first kappa shape index (κ1) is 23.9. The van der Waals surface area contributed by atoms with Gasteiger partial charge in [-0.05, 0) is 24.3 Å². The SMILES string of the molecule is CC(F)(F)c1cc(Cn2cnc(C(C)(F)F)c(Oc3cc(Cl)cc(C#N)c3)c2=O)c(=O)[nH]n1. The summed E-state index contributed by atoms with van der Waals surface area (Å²) >= 11 is 5.89. The summed E-state index contributed by atoms with van der Waals surface area (Å²) in [5, 5.41) is 14.3. The molecule has 0 amide bonds. The van der Waals surface area contributed by atoms with Gasteiger partial charge in [0, 0.05) is 24.4 Å². The van der Waals surface area contributed by atoms with E-state index in [1.54, 1.807) is 6.07 Å². The van der Waals surface area contributed by atoms with Crippen LogP contribution in [0.2, 0.25) is 5.02 Å². The van der Waals surface area contributed by atoms with Gasteiger partial charge in [0.2, 0.25) is 5.75 Å². The van der Waals surface area contributed by atoms with Crippen LogP contribution in [0.15, 0.2) is 40.2 Å². The molecular weight excluding hydrogens is 470 g/mol. The van der Waals surface area contributed by atoms with Gasteiger partial charge in [0.1, 0.15) is 11.4 Å². The van der Waals surface area contributed by atoms with Gasteiger partial charge in [-0.3, -0.25) is 14.2 Å². The zero-order valence-electron chi connectivity index (χ0n) is 17.0. The molecule has 8 nitrogen and oxygen atoms in total. The third-order valence-corrected chi connectivity index (χ3v) is 4.52. The van der Waals surface area contributed by atoms with Crippen molar-refractivity contribution in [2.45, 2.75) is 32.2 Å². The second-order valence-electron chi connectivity index (χ2n) is 7.13. The average Bonchev–Trinajstić information content (AvgIpc) is 2.70. The molecule has 0 saturated carbocycles. The molecule has 3 aromatic rings. The van der Waals surface area contributed by atoms with Gasteiger partial charge < -0.3 is 4.74 Å². The lowest BCUT2D eigenvalue weighted by molar-refractivity contribution is 0.00970. The van der Waals surface area contributed by atoms with Crippen molar-refractivity contribution in [3.8, 4) is 17.6 Å². The fraction of sp³-hybridized carbons (Fsp3) is 0.250. The lowest BCUT2D eigenvalue weighted by Crippen LogP contribution is -2.29. The molecule has 1 N–H and O–H groups in total. The third-order valence-electron chi connectivity index (χ3n) is 4.30. The molecule has 0 aliphatic carbocycles. The van der Waals surface area contributed by atoms with Crippen LogP contribution in [0, 0.1) is 11.3 Å². The van der Waals surface area contributed by atoms with E-state index in [9.17, 15) is 27.2 Å². The quantitative estimate of drug-likeness (QED) is 0.532. The zero-order valence-corrected chi connectivity index (χ0v) is 17.8. The molecule has 33 heavy (non-hydrogen) atoms. The number of rotatable bonds is 6. The number of benzene rings is 1. The van der Waals surface area contributed by atoms with Crippen molar-refractivity contribution in [2.75, 3.05) is 0 Å². The smallest absolute Gasteiger partial charge is 0.297 e. The topological polar surface area (TPSA) is 114 Å². The summed E-state index contributed by atoms with van der Waals surface area (Å²) in [6, 6.07) is 6.26. The second-order valence-corrected chi connectivity index (χ2v) is 7.57. The minimum atomic E-state index is -3.60. The number of nitrogens with one attached hydrogen (secondary N) is 1. The van der Waals surface area contributed by atoms with Crippen LogP contribution in [0.5, 0.6) is 11.5 Å². The number of nitriles is 1. The Morgan fingerprint density at radius 2 is 1.85 bits per heavy atom. The van der Waals surface area contributed by atoms with Gasteiger partial charge in [-0.2, -0.15) is 27.9 Å². The molecule has 13 heteroatoms. The van der Waals surface area contributed by atoms with E-state index in [-0.39, 0.29) is 21.9 Å². The molecule has 1 aromatic carbocycles. The fourth-order valence-electron chi connectivity index (χ4n) is 2.76. The molecule has 0 unspecified atom stereocenters. The number of ether oxygens (including phenoxy) is 1. The number of aromatic amines is 1. The largest absolute Gasteiger partial charge is 0.449 e. The summed E-state index contributed by atoms with van der Waals surface area (Å²) in [6.45, 7) is 0.473. The molecule has 0 fully saturated rings. The highest BCUT2D eigenvalue weighted by Crippen LogP contribution is 2.34. The Bertz CT molecular complexity index is 1370. The maximum absolute atomic E-state index is 14.1. The van der Waals surface area contributed by atoms with Crippen LogP contribution in [-0.4, -0.2) is 19.7 Å². The predicted molar refractivity (Wildman–Crippen MR) is 108 cm³/mol. The van der Waals surface area contributed by atoms with Gasteiger partial charge in [-0.1, -0.05) is 11.6 Å². The highest BCUT2D eigenvalue weighted by molar-refractivity contribution is 6.30. The Balaban J connectivity index is 2.12. The second kappa shape index (κ2) is 8.67. The standard InChI is InChI=1S/C20H14ClF4N5O3/c1-19(22,23)14-5-11(17(31)29-28-14)8-30-9-27-16(20(2,24)25)15(18(30)32)33-13-4-10(7-26)3-12(21)6-13/h3-6,9H,8H2,1-2H3,(H,29,31). The molecule has 0 radical (unpaired) electrons. The number of hydrogen-bond acceptors (Lipinski definition) is 6. The van der Waals surface area contributed by atoms with Gasteiger partial charge >= 0.3 is 0 Å². The minimum absolute atomic E-state index is 0.0443. The number of nitrogens with zero attached hydrogens (tertiary/aromatic N) is 4. The van der Waals surface area contributed by atoms with E-state index in [0.29, 0.717) is 13.8 Å². The first-order chi connectivity index (χ1) is 15.3. The van der Waals surface area contributed by atoms with Crippen LogP contribution < -0.4 is 15.9 Å². The Hall–Kier alpha value is -3.72. The molecule has 3 rings (SSSR count). The molecule has 0 atom stereocenters. The molecule has 0 spiro atoms. The fourth-order valence-corrected chi connectivity index (χ4v) is 2.99. The first-order valence-corrected chi connectivity index (χ1v) is 9.50. The molecule has 0 saturated heterocycles. The number of aromatic nitrogens is 4. The monoisotopic (exact) mass is 483 g/mol. The van der Waals surface area contributed by atoms with Crippen molar-refractivity contribution in [3.63, 3.8) is 0 Å². The van der Waals surface area contributed by atoms with Crippen LogP contribution in [-0.2, 0) is 18.4 Å². The summed E-state index contributed by atoms with van der Waals surface area (Å²) in [6.07, 6.45) is 0.740. The Morgan fingerprint density at radius 3 is 2.45 bits per heavy atom.